The molecule has 2 saturated heterocycles. The first-order chi connectivity index (χ1) is 17.0. The van der Waals surface area contributed by atoms with Gasteiger partial charge in [0.25, 0.3) is 5.91 Å². The first-order valence-electron chi connectivity index (χ1n) is 11.7. The Morgan fingerprint density at radius 3 is 2.60 bits per heavy atom. The molecule has 8 nitrogen and oxygen atoms in total. The Morgan fingerprint density at radius 2 is 1.77 bits per heavy atom. The normalized spacial score (nSPS) is 24.1. The first kappa shape index (κ1) is 21.8. The standard InChI is InChI=1S/C27H25N3O5/c1-34-20-6-4-15-10-17(3-2-16(15)12-20)22-14-35-26(28-22)18-5-7-21-19(11-18)13-30(27(21)33)23-8-9-24(31)29-25(23)32/h2-7,10-12,22-23,26,28H,8-9,13-14H2,1H3,(H,29,31,32). The Hall–Kier alpha value is -3.75. The molecule has 3 aliphatic heterocycles. The smallest absolute Gasteiger partial charge is 0.255 e. The highest BCUT2D eigenvalue weighted by atomic mass is 16.5. The van der Waals surface area contributed by atoms with Crippen molar-refractivity contribution in [3.63, 3.8) is 0 Å². The SMILES string of the molecule is COc1ccc2cc(C3COC(c4ccc5c(c4)CN(C4CCC(=O)NC4=O)C5=O)N3)ccc2c1. The number of amides is 3. The fourth-order valence-corrected chi connectivity index (χ4v) is 5.20. The number of methoxy groups -OCH3 is 1. The van der Waals surface area contributed by atoms with Crippen LogP contribution < -0.4 is 15.4 Å². The molecule has 0 bridgehead atoms. The van der Waals surface area contributed by atoms with Crippen molar-refractivity contribution in [2.24, 2.45) is 0 Å². The van der Waals surface area contributed by atoms with Gasteiger partial charge in [-0.25, -0.2) is 0 Å². The van der Waals surface area contributed by atoms with Gasteiger partial charge in [-0.15, -0.1) is 0 Å². The molecule has 3 amide bonds. The van der Waals surface area contributed by atoms with Gasteiger partial charge < -0.3 is 14.4 Å². The molecule has 0 aliphatic carbocycles. The summed E-state index contributed by atoms with van der Waals surface area (Å²) in [6, 6.07) is 17.5. The third kappa shape index (κ3) is 3.84. The van der Waals surface area contributed by atoms with Gasteiger partial charge in [0.1, 0.15) is 18.0 Å². The largest absolute Gasteiger partial charge is 0.497 e. The molecule has 0 spiro atoms. The molecule has 3 heterocycles. The Balaban J connectivity index is 1.18. The van der Waals surface area contributed by atoms with Gasteiger partial charge in [-0.3, -0.25) is 25.0 Å². The fraction of sp³-hybridized carbons (Fsp3) is 0.296. The van der Waals surface area contributed by atoms with Crippen molar-refractivity contribution in [1.82, 2.24) is 15.5 Å². The van der Waals surface area contributed by atoms with Crippen LogP contribution in [0.3, 0.4) is 0 Å². The van der Waals surface area contributed by atoms with E-state index in [0.717, 1.165) is 33.2 Å². The molecule has 3 aromatic carbocycles. The van der Waals surface area contributed by atoms with Gasteiger partial charge in [-0.05, 0) is 64.2 Å². The lowest BCUT2D eigenvalue weighted by molar-refractivity contribution is -0.136. The molecular formula is C27H25N3O5. The summed E-state index contributed by atoms with van der Waals surface area (Å²) in [5, 5.41) is 8.15. The first-order valence-corrected chi connectivity index (χ1v) is 11.7. The molecule has 3 aliphatic rings. The minimum atomic E-state index is -0.617. The van der Waals surface area contributed by atoms with E-state index in [-0.39, 0.29) is 30.5 Å². The van der Waals surface area contributed by atoms with Crippen LogP contribution in [0.2, 0.25) is 0 Å². The maximum atomic E-state index is 12.9. The molecular weight excluding hydrogens is 446 g/mol. The van der Waals surface area contributed by atoms with Crippen LogP contribution in [0, 0.1) is 0 Å². The zero-order valence-electron chi connectivity index (χ0n) is 19.2. The number of ether oxygens (including phenoxy) is 2. The van der Waals surface area contributed by atoms with Gasteiger partial charge in [0, 0.05) is 18.5 Å². The zero-order chi connectivity index (χ0) is 24.1. The summed E-state index contributed by atoms with van der Waals surface area (Å²) in [6.07, 6.45) is 0.299. The average Bonchev–Trinajstić information content (AvgIpc) is 3.48. The number of carbonyl (C=O) groups is 3. The van der Waals surface area contributed by atoms with Gasteiger partial charge in [0.2, 0.25) is 11.8 Å². The second kappa shape index (κ2) is 8.48. The average molecular weight is 472 g/mol. The maximum Gasteiger partial charge on any atom is 0.255 e. The van der Waals surface area contributed by atoms with Crippen molar-refractivity contribution in [2.75, 3.05) is 13.7 Å². The van der Waals surface area contributed by atoms with E-state index < -0.39 is 11.9 Å². The lowest BCUT2D eigenvalue weighted by Gasteiger charge is -2.29. The number of fused-ring (bicyclic) bond motifs is 2. The minimum absolute atomic E-state index is 0.0429. The lowest BCUT2D eigenvalue weighted by Crippen LogP contribution is -2.52. The van der Waals surface area contributed by atoms with Crippen LogP contribution in [-0.4, -0.2) is 42.4 Å². The van der Waals surface area contributed by atoms with Crippen LogP contribution >= 0.6 is 0 Å². The molecule has 35 heavy (non-hydrogen) atoms. The number of rotatable bonds is 4. The quantitative estimate of drug-likeness (QED) is 0.568. The Labute approximate surface area is 202 Å². The molecule has 8 heteroatoms. The summed E-state index contributed by atoms with van der Waals surface area (Å²) in [5.74, 6) is -0.0335. The van der Waals surface area contributed by atoms with Gasteiger partial charge in [0.15, 0.2) is 0 Å². The van der Waals surface area contributed by atoms with Crippen molar-refractivity contribution < 1.29 is 23.9 Å². The van der Waals surface area contributed by atoms with Crippen LogP contribution in [0.1, 0.15) is 52.2 Å². The second-order valence-electron chi connectivity index (χ2n) is 9.22. The van der Waals surface area contributed by atoms with E-state index in [0.29, 0.717) is 25.1 Å². The summed E-state index contributed by atoms with van der Waals surface area (Å²) in [5.41, 5.74) is 3.55. The molecule has 178 valence electrons. The number of benzene rings is 3. The van der Waals surface area contributed by atoms with Gasteiger partial charge in [-0.1, -0.05) is 24.3 Å². The van der Waals surface area contributed by atoms with Crippen LogP contribution in [0.15, 0.2) is 54.6 Å². The molecule has 3 atom stereocenters. The van der Waals surface area contributed by atoms with E-state index in [2.05, 4.69) is 34.9 Å². The summed E-state index contributed by atoms with van der Waals surface area (Å²) in [6.45, 7) is 0.878. The number of hydrogen-bond donors (Lipinski definition) is 2. The summed E-state index contributed by atoms with van der Waals surface area (Å²) in [4.78, 5) is 38.3. The highest BCUT2D eigenvalue weighted by Crippen LogP contribution is 2.34. The van der Waals surface area contributed by atoms with Crippen molar-refractivity contribution in [3.05, 3.63) is 76.9 Å². The molecule has 0 aromatic heterocycles. The third-order valence-corrected chi connectivity index (χ3v) is 7.11. The zero-order valence-corrected chi connectivity index (χ0v) is 19.2. The topological polar surface area (TPSA) is 97.0 Å². The molecule has 2 N–H and O–H groups in total. The summed E-state index contributed by atoms with van der Waals surface area (Å²) in [7, 11) is 1.66. The van der Waals surface area contributed by atoms with Crippen molar-refractivity contribution >= 4 is 28.5 Å². The predicted molar refractivity (Wildman–Crippen MR) is 128 cm³/mol. The van der Waals surface area contributed by atoms with E-state index in [1.165, 1.54) is 0 Å². The molecule has 0 radical (unpaired) electrons. The number of piperidine rings is 1. The third-order valence-electron chi connectivity index (χ3n) is 7.11. The molecule has 3 unspecified atom stereocenters. The summed E-state index contributed by atoms with van der Waals surface area (Å²) >= 11 is 0. The number of nitrogens with zero attached hydrogens (tertiary/aromatic N) is 1. The monoisotopic (exact) mass is 471 g/mol. The van der Waals surface area contributed by atoms with Crippen molar-refractivity contribution in [3.8, 4) is 5.75 Å². The summed E-state index contributed by atoms with van der Waals surface area (Å²) < 4.78 is 11.4. The maximum absolute atomic E-state index is 12.9. The predicted octanol–water partition coefficient (Wildman–Crippen LogP) is 2.97. The van der Waals surface area contributed by atoms with Crippen molar-refractivity contribution in [1.29, 1.82) is 0 Å². The van der Waals surface area contributed by atoms with Crippen LogP contribution in [-0.2, 0) is 20.9 Å². The fourth-order valence-electron chi connectivity index (χ4n) is 5.20. The van der Waals surface area contributed by atoms with E-state index in [1.54, 1.807) is 18.1 Å². The minimum Gasteiger partial charge on any atom is -0.497 e. The van der Waals surface area contributed by atoms with Gasteiger partial charge >= 0.3 is 0 Å². The van der Waals surface area contributed by atoms with E-state index >= 15 is 0 Å². The molecule has 3 aromatic rings. The Kier molecular flexibility index (Phi) is 5.27. The van der Waals surface area contributed by atoms with E-state index in [4.69, 9.17) is 9.47 Å². The van der Waals surface area contributed by atoms with Crippen LogP contribution in [0.4, 0.5) is 0 Å². The lowest BCUT2D eigenvalue weighted by atomic mass is 10.0. The van der Waals surface area contributed by atoms with Gasteiger partial charge in [-0.2, -0.15) is 0 Å². The highest BCUT2D eigenvalue weighted by molar-refractivity contribution is 6.05. The van der Waals surface area contributed by atoms with Crippen LogP contribution in [0.25, 0.3) is 10.8 Å². The number of nitrogens with one attached hydrogen (secondary N) is 2. The van der Waals surface area contributed by atoms with E-state index in [9.17, 15) is 14.4 Å². The van der Waals surface area contributed by atoms with Gasteiger partial charge in [0.05, 0.1) is 19.8 Å². The molecule has 0 saturated carbocycles. The number of imide groups is 1. The van der Waals surface area contributed by atoms with Crippen molar-refractivity contribution in [2.45, 2.75) is 37.7 Å². The van der Waals surface area contributed by atoms with Crippen LogP contribution in [0.5, 0.6) is 5.75 Å². The Bertz CT molecular complexity index is 1370. The van der Waals surface area contributed by atoms with E-state index in [1.807, 2.05) is 24.3 Å². The second-order valence-corrected chi connectivity index (χ2v) is 9.22. The molecule has 2 fully saturated rings. The number of hydrogen-bond acceptors (Lipinski definition) is 6. The Morgan fingerprint density at radius 1 is 0.971 bits per heavy atom. The molecule has 6 rings (SSSR count). The highest BCUT2D eigenvalue weighted by Gasteiger charge is 2.39. The number of carbonyl (C=O) groups excluding carboxylic acids is 3.